The number of carbonyl (C=O) groups is 1. The van der Waals surface area contributed by atoms with E-state index in [4.69, 9.17) is 0 Å². The lowest BCUT2D eigenvalue weighted by molar-refractivity contribution is -0.141. The van der Waals surface area contributed by atoms with E-state index in [1.54, 1.807) is 0 Å². The van der Waals surface area contributed by atoms with Gasteiger partial charge in [0.1, 0.15) is 0 Å². The zero-order chi connectivity index (χ0) is 12.1. The summed E-state index contributed by atoms with van der Waals surface area (Å²) in [5.74, 6) is 0.659. The zero-order valence-electron chi connectivity index (χ0n) is 10.8. The Kier molecular flexibility index (Phi) is 4.80. The quantitative estimate of drug-likeness (QED) is 0.745. The van der Waals surface area contributed by atoms with Gasteiger partial charge < -0.3 is 10.1 Å². The lowest BCUT2D eigenvalue weighted by atomic mass is 9.91. The highest BCUT2D eigenvalue weighted by Gasteiger charge is 2.26. The van der Waals surface area contributed by atoms with E-state index < -0.39 is 0 Å². The summed E-state index contributed by atoms with van der Waals surface area (Å²) in [5.41, 5.74) is 0. The maximum Gasteiger partial charge on any atom is 0.305 e. The summed E-state index contributed by atoms with van der Waals surface area (Å²) in [6.07, 6.45) is 5.38. The monoisotopic (exact) mass is 240 g/mol. The van der Waals surface area contributed by atoms with Crippen LogP contribution in [-0.2, 0) is 9.53 Å². The largest absolute Gasteiger partial charge is 0.469 e. The van der Waals surface area contributed by atoms with E-state index >= 15 is 0 Å². The molecule has 0 amide bonds. The van der Waals surface area contributed by atoms with Crippen molar-refractivity contribution in [2.24, 2.45) is 5.92 Å². The first-order valence-corrected chi connectivity index (χ1v) is 6.81. The van der Waals surface area contributed by atoms with Gasteiger partial charge >= 0.3 is 5.97 Å². The Labute approximate surface area is 104 Å². The van der Waals surface area contributed by atoms with E-state index in [0.717, 1.165) is 24.9 Å². The number of ether oxygens (including phenoxy) is 1. The lowest BCUT2D eigenvalue weighted by Crippen LogP contribution is -2.42. The Bertz CT molecular complexity index is 244. The van der Waals surface area contributed by atoms with Crippen molar-refractivity contribution < 1.29 is 9.53 Å². The van der Waals surface area contributed by atoms with Crippen LogP contribution in [0.5, 0.6) is 0 Å². The molecule has 2 heterocycles. The average molecular weight is 240 g/mol. The number of hydrogen-bond donors (Lipinski definition) is 1. The summed E-state index contributed by atoms with van der Waals surface area (Å²) >= 11 is 0. The highest BCUT2D eigenvalue weighted by atomic mass is 16.5. The van der Waals surface area contributed by atoms with Crippen LogP contribution in [0, 0.1) is 5.92 Å². The van der Waals surface area contributed by atoms with Crippen molar-refractivity contribution in [1.29, 1.82) is 0 Å². The van der Waals surface area contributed by atoms with Crippen molar-refractivity contribution in [3.63, 3.8) is 0 Å². The Morgan fingerprint density at radius 1 is 1.35 bits per heavy atom. The van der Waals surface area contributed by atoms with Gasteiger partial charge in [-0.25, -0.2) is 0 Å². The van der Waals surface area contributed by atoms with Gasteiger partial charge in [0.05, 0.1) is 7.11 Å². The van der Waals surface area contributed by atoms with E-state index in [9.17, 15) is 4.79 Å². The third-order valence-electron chi connectivity index (χ3n) is 4.18. The number of carbonyl (C=O) groups excluding carboxylic acids is 1. The highest BCUT2D eigenvalue weighted by Crippen LogP contribution is 2.24. The number of nitrogens with zero attached hydrogens (tertiary/aromatic N) is 1. The summed E-state index contributed by atoms with van der Waals surface area (Å²) in [6, 6.07) is 0.761. The molecule has 2 rings (SSSR count). The van der Waals surface area contributed by atoms with Crippen LogP contribution in [0.25, 0.3) is 0 Å². The minimum Gasteiger partial charge on any atom is -0.469 e. The fraction of sp³-hybridized carbons (Fsp3) is 0.923. The molecular formula is C13H24N2O2. The molecule has 1 N–H and O–H groups in total. The van der Waals surface area contributed by atoms with Crippen molar-refractivity contribution in [3.8, 4) is 0 Å². The fourth-order valence-corrected chi connectivity index (χ4v) is 2.98. The molecule has 17 heavy (non-hydrogen) atoms. The number of hydrogen-bond acceptors (Lipinski definition) is 4. The summed E-state index contributed by atoms with van der Waals surface area (Å²) < 4.78 is 4.69. The van der Waals surface area contributed by atoms with Crippen molar-refractivity contribution in [2.45, 2.75) is 38.1 Å². The molecule has 1 unspecified atom stereocenters. The highest BCUT2D eigenvalue weighted by molar-refractivity contribution is 5.69. The second-order valence-electron chi connectivity index (χ2n) is 5.24. The van der Waals surface area contributed by atoms with Gasteiger partial charge in [0, 0.05) is 19.0 Å². The van der Waals surface area contributed by atoms with E-state index in [-0.39, 0.29) is 5.97 Å². The van der Waals surface area contributed by atoms with Crippen LogP contribution in [0.1, 0.15) is 32.1 Å². The molecule has 0 aromatic rings. The van der Waals surface area contributed by atoms with Crippen LogP contribution in [-0.4, -0.2) is 50.2 Å². The number of piperidine rings is 1. The Morgan fingerprint density at radius 3 is 2.71 bits per heavy atom. The first-order chi connectivity index (χ1) is 8.29. The second kappa shape index (κ2) is 6.36. The SMILES string of the molecule is COC(=O)CCC1CCN(C2CCNC2)CC1. The number of nitrogens with one attached hydrogen (secondary N) is 1. The van der Waals surface area contributed by atoms with Crippen LogP contribution in [0.3, 0.4) is 0 Å². The van der Waals surface area contributed by atoms with Crippen molar-refractivity contribution in [1.82, 2.24) is 10.2 Å². The van der Waals surface area contributed by atoms with Crippen LogP contribution < -0.4 is 5.32 Å². The predicted octanol–water partition coefficient (Wildman–Crippen LogP) is 1.01. The molecule has 0 radical (unpaired) electrons. The third kappa shape index (κ3) is 3.68. The topological polar surface area (TPSA) is 41.6 Å². The molecule has 2 aliphatic rings. The summed E-state index contributed by atoms with van der Waals surface area (Å²) in [4.78, 5) is 13.7. The molecular weight excluding hydrogens is 216 g/mol. The summed E-state index contributed by atoms with van der Waals surface area (Å²) in [5, 5.41) is 3.43. The van der Waals surface area contributed by atoms with Gasteiger partial charge in [-0.15, -0.1) is 0 Å². The Balaban J connectivity index is 1.65. The van der Waals surface area contributed by atoms with Crippen molar-refractivity contribution >= 4 is 5.97 Å². The molecule has 0 spiro atoms. The molecule has 0 bridgehead atoms. The van der Waals surface area contributed by atoms with Gasteiger partial charge in [0.2, 0.25) is 0 Å². The van der Waals surface area contributed by atoms with Crippen molar-refractivity contribution in [3.05, 3.63) is 0 Å². The van der Waals surface area contributed by atoms with E-state index in [1.807, 2.05) is 0 Å². The maximum atomic E-state index is 11.1. The van der Waals surface area contributed by atoms with E-state index in [2.05, 4.69) is 15.0 Å². The fourth-order valence-electron chi connectivity index (χ4n) is 2.98. The minimum atomic E-state index is -0.0626. The molecule has 2 fully saturated rings. The molecule has 0 aromatic carbocycles. The molecule has 2 aliphatic heterocycles. The number of rotatable bonds is 4. The van der Waals surface area contributed by atoms with Crippen LogP contribution >= 0.6 is 0 Å². The predicted molar refractivity (Wildman–Crippen MR) is 66.8 cm³/mol. The molecule has 4 nitrogen and oxygen atoms in total. The van der Waals surface area contributed by atoms with Gasteiger partial charge in [-0.2, -0.15) is 0 Å². The smallest absolute Gasteiger partial charge is 0.305 e. The van der Waals surface area contributed by atoms with Crippen molar-refractivity contribution in [2.75, 3.05) is 33.3 Å². The molecule has 0 aliphatic carbocycles. The minimum absolute atomic E-state index is 0.0626. The van der Waals surface area contributed by atoms with E-state index in [0.29, 0.717) is 6.42 Å². The first kappa shape index (κ1) is 12.8. The lowest BCUT2D eigenvalue weighted by Gasteiger charge is -2.35. The standard InChI is InChI=1S/C13H24N2O2/c1-17-13(16)3-2-11-5-8-15(9-6-11)12-4-7-14-10-12/h11-12,14H,2-10H2,1H3. The van der Waals surface area contributed by atoms with Gasteiger partial charge in [-0.1, -0.05) is 0 Å². The third-order valence-corrected chi connectivity index (χ3v) is 4.18. The van der Waals surface area contributed by atoms with E-state index in [1.165, 1.54) is 46.0 Å². The molecule has 2 saturated heterocycles. The second-order valence-corrected chi connectivity index (χ2v) is 5.24. The molecule has 0 aromatic heterocycles. The first-order valence-electron chi connectivity index (χ1n) is 6.81. The zero-order valence-corrected chi connectivity index (χ0v) is 10.8. The van der Waals surface area contributed by atoms with Gasteiger partial charge in [0.25, 0.3) is 0 Å². The van der Waals surface area contributed by atoms with Gasteiger partial charge in [-0.05, 0) is 51.2 Å². The Morgan fingerprint density at radius 2 is 2.12 bits per heavy atom. The number of esters is 1. The average Bonchev–Trinajstić information content (AvgIpc) is 2.90. The molecule has 4 heteroatoms. The van der Waals surface area contributed by atoms with Gasteiger partial charge in [-0.3, -0.25) is 9.69 Å². The summed E-state index contributed by atoms with van der Waals surface area (Å²) in [7, 11) is 1.47. The molecule has 1 atom stereocenters. The van der Waals surface area contributed by atoms with Crippen LogP contribution in [0.4, 0.5) is 0 Å². The number of methoxy groups -OCH3 is 1. The molecule has 98 valence electrons. The maximum absolute atomic E-state index is 11.1. The Hall–Kier alpha value is -0.610. The van der Waals surface area contributed by atoms with Crippen LogP contribution in [0.15, 0.2) is 0 Å². The van der Waals surface area contributed by atoms with Gasteiger partial charge in [0.15, 0.2) is 0 Å². The number of likely N-dealkylation sites (tertiary alicyclic amines) is 1. The van der Waals surface area contributed by atoms with Crippen LogP contribution in [0.2, 0.25) is 0 Å². The summed E-state index contributed by atoms with van der Waals surface area (Å²) in [6.45, 7) is 4.75. The normalized spacial score (nSPS) is 27.2. The molecule has 0 saturated carbocycles.